The van der Waals surface area contributed by atoms with Crippen LogP contribution < -0.4 is 11.1 Å². The van der Waals surface area contributed by atoms with E-state index in [1.165, 1.54) is 141 Å². The second kappa shape index (κ2) is 38.9. The van der Waals surface area contributed by atoms with Gasteiger partial charge in [0.15, 0.2) is 0 Å². The minimum Gasteiger partial charge on any atom is -0.391 e. The van der Waals surface area contributed by atoms with Gasteiger partial charge in [-0.3, -0.25) is 13.8 Å². The summed E-state index contributed by atoms with van der Waals surface area (Å²) in [4.78, 5) is 22.7. The Kier molecular flexibility index (Phi) is 38.4. The molecule has 0 fully saturated rings. The van der Waals surface area contributed by atoms with E-state index in [4.69, 9.17) is 14.8 Å². The number of nitrogens with two attached hydrogens (primary N) is 1. The number of aliphatic hydroxyl groups excluding tert-OH is 1. The molecule has 3 unspecified atom stereocenters. The molecular formula is C42H85N2O6P. The zero-order chi connectivity index (χ0) is 37.5. The van der Waals surface area contributed by atoms with Gasteiger partial charge < -0.3 is 21.1 Å². The number of amides is 1. The molecule has 0 aliphatic carbocycles. The first-order valence-corrected chi connectivity index (χ1v) is 23.3. The van der Waals surface area contributed by atoms with E-state index in [1.807, 2.05) is 0 Å². The molecule has 0 radical (unpaired) electrons. The Hall–Kier alpha value is -0.760. The van der Waals surface area contributed by atoms with E-state index in [0.29, 0.717) is 12.8 Å². The van der Waals surface area contributed by atoms with E-state index in [9.17, 15) is 19.4 Å². The summed E-state index contributed by atoms with van der Waals surface area (Å²) in [6.07, 6.45) is 42.3. The van der Waals surface area contributed by atoms with Crippen LogP contribution in [0.2, 0.25) is 0 Å². The number of allylic oxidation sites excluding steroid dienone is 2. The van der Waals surface area contributed by atoms with Crippen LogP contribution in [0.15, 0.2) is 12.2 Å². The predicted octanol–water partition coefficient (Wildman–Crippen LogP) is 12.0. The molecule has 0 spiro atoms. The minimum absolute atomic E-state index is 0.0891. The highest BCUT2D eigenvalue weighted by Crippen LogP contribution is 2.43. The van der Waals surface area contributed by atoms with Crippen molar-refractivity contribution in [2.24, 2.45) is 5.73 Å². The molecule has 0 aromatic heterocycles. The number of phosphoric ester groups is 1. The van der Waals surface area contributed by atoms with Crippen LogP contribution in [0.5, 0.6) is 0 Å². The maximum absolute atomic E-state index is 12.7. The number of hydrogen-bond donors (Lipinski definition) is 4. The van der Waals surface area contributed by atoms with Crippen LogP contribution in [0.1, 0.15) is 219 Å². The van der Waals surface area contributed by atoms with Gasteiger partial charge in [0.1, 0.15) is 0 Å². The highest BCUT2D eigenvalue weighted by atomic mass is 31.2. The Labute approximate surface area is 315 Å². The summed E-state index contributed by atoms with van der Waals surface area (Å²) in [7, 11) is -4.31. The van der Waals surface area contributed by atoms with Crippen molar-refractivity contribution < 1.29 is 28.4 Å². The number of unbranched alkanes of at least 4 members (excludes halogenated alkanes) is 27. The number of nitrogens with one attached hydrogen (secondary N) is 1. The van der Waals surface area contributed by atoms with Crippen LogP contribution in [-0.2, 0) is 18.4 Å². The molecule has 0 saturated heterocycles. The Bertz CT molecular complexity index is 814. The van der Waals surface area contributed by atoms with Crippen LogP contribution in [0.3, 0.4) is 0 Å². The second-order valence-corrected chi connectivity index (χ2v) is 16.4. The minimum atomic E-state index is -4.31. The van der Waals surface area contributed by atoms with E-state index in [2.05, 4.69) is 31.3 Å². The Morgan fingerprint density at radius 3 is 1.51 bits per heavy atom. The maximum atomic E-state index is 12.7. The van der Waals surface area contributed by atoms with Crippen molar-refractivity contribution in [1.29, 1.82) is 0 Å². The predicted molar refractivity (Wildman–Crippen MR) is 217 cm³/mol. The molecule has 51 heavy (non-hydrogen) atoms. The zero-order valence-electron chi connectivity index (χ0n) is 33.6. The van der Waals surface area contributed by atoms with Crippen LogP contribution in [0.4, 0.5) is 0 Å². The van der Waals surface area contributed by atoms with Crippen LogP contribution in [0, 0.1) is 0 Å². The quantitative estimate of drug-likeness (QED) is 0.0278. The van der Waals surface area contributed by atoms with E-state index in [0.717, 1.165) is 51.4 Å². The van der Waals surface area contributed by atoms with Crippen molar-refractivity contribution in [2.75, 3.05) is 19.8 Å². The lowest BCUT2D eigenvalue weighted by molar-refractivity contribution is -0.123. The number of aliphatic hydroxyl groups is 1. The molecule has 304 valence electrons. The Morgan fingerprint density at radius 2 is 1.04 bits per heavy atom. The average Bonchev–Trinajstić information content (AvgIpc) is 3.12. The number of carbonyl (C=O) groups is 1. The molecule has 0 saturated carbocycles. The third kappa shape index (κ3) is 37.4. The molecule has 0 aromatic carbocycles. The summed E-state index contributed by atoms with van der Waals surface area (Å²) >= 11 is 0. The Morgan fingerprint density at radius 1 is 0.627 bits per heavy atom. The maximum Gasteiger partial charge on any atom is 0.472 e. The van der Waals surface area contributed by atoms with Gasteiger partial charge in [0.25, 0.3) is 0 Å². The molecule has 8 nitrogen and oxygen atoms in total. The highest BCUT2D eigenvalue weighted by molar-refractivity contribution is 7.47. The molecule has 0 heterocycles. The number of phosphoric acid groups is 1. The lowest BCUT2D eigenvalue weighted by Crippen LogP contribution is -2.46. The molecular weight excluding hydrogens is 659 g/mol. The molecule has 5 N–H and O–H groups in total. The fourth-order valence-electron chi connectivity index (χ4n) is 6.53. The summed E-state index contributed by atoms with van der Waals surface area (Å²) in [5, 5.41) is 13.8. The first kappa shape index (κ1) is 50.2. The molecule has 9 heteroatoms. The fourth-order valence-corrected chi connectivity index (χ4v) is 7.29. The second-order valence-electron chi connectivity index (χ2n) is 14.9. The molecule has 3 atom stereocenters. The van der Waals surface area contributed by atoms with Crippen LogP contribution >= 0.6 is 7.82 Å². The van der Waals surface area contributed by atoms with Gasteiger partial charge >= 0.3 is 7.82 Å². The fraction of sp³-hybridized carbons (Fsp3) is 0.929. The van der Waals surface area contributed by atoms with Gasteiger partial charge in [0.05, 0.1) is 25.4 Å². The third-order valence-electron chi connectivity index (χ3n) is 9.87. The van der Waals surface area contributed by atoms with Crippen LogP contribution in [-0.4, -0.2) is 47.8 Å². The van der Waals surface area contributed by atoms with E-state index in [-0.39, 0.29) is 25.7 Å². The largest absolute Gasteiger partial charge is 0.472 e. The normalized spacial score (nSPS) is 14.2. The first-order valence-electron chi connectivity index (χ1n) is 21.8. The lowest BCUT2D eigenvalue weighted by atomic mass is 10.0. The Balaban J connectivity index is 4.06. The summed E-state index contributed by atoms with van der Waals surface area (Å²) in [6, 6.07) is -0.774. The van der Waals surface area contributed by atoms with Gasteiger partial charge in [-0.15, -0.1) is 0 Å². The van der Waals surface area contributed by atoms with Gasteiger partial charge in [-0.25, -0.2) is 4.57 Å². The van der Waals surface area contributed by atoms with Gasteiger partial charge in [0.2, 0.25) is 5.91 Å². The molecule has 0 rings (SSSR count). The van der Waals surface area contributed by atoms with Crippen molar-refractivity contribution in [1.82, 2.24) is 5.32 Å². The van der Waals surface area contributed by atoms with Gasteiger partial charge in [-0.05, 0) is 32.1 Å². The number of hydrogen-bond acceptors (Lipinski definition) is 6. The summed E-state index contributed by atoms with van der Waals surface area (Å²) in [6.45, 7) is 4.18. The molecule has 0 aliphatic heterocycles. The van der Waals surface area contributed by atoms with Crippen molar-refractivity contribution in [3.8, 4) is 0 Å². The van der Waals surface area contributed by atoms with Crippen molar-refractivity contribution in [3.05, 3.63) is 12.2 Å². The van der Waals surface area contributed by atoms with Crippen molar-refractivity contribution in [3.63, 3.8) is 0 Å². The zero-order valence-corrected chi connectivity index (χ0v) is 34.5. The monoisotopic (exact) mass is 745 g/mol. The van der Waals surface area contributed by atoms with Gasteiger partial charge in [-0.2, -0.15) is 0 Å². The molecule has 0 aromatic rings. The summed E-state index contributed by atoms with van der Waals surface area (Å²) < 4.78 is 22.1. The van der Waals surface area contributed by atoms with E-state index in [1.54, 1.807) is 0 Å². The van der Waals surface area contributed by atoms with E-state index >= 15 is 0 Å². The highest BCUT2D eigenvalue weighted by Gasteiger charge is 2.27. The SMILES string of the molecule is CCCC/C=C\CCCCCCCC(=O)NC(COP(=O)(O)OCCN)C(O)CCCCCCCCCCCCCCCCCCCCCCC. The topological polar surface area (TPSA) is 131 Å². The van der Waals surface area contributed by atoms with Crippen molar-refractivity contribution in [2.45, 2.75) is 231 Å². The van der Waals surface area contributed by atoms with Gasteiger partial charge in [-0.1, -0.05) is 193 Å². The molecule has 0 aliphatic rings. The van der Waals surface area contributed by atoms with Crippen molar-refractivity contribution >= 4 is 13.7 Å². The number of carbonyl (C=O) groups excluding carboxylic acids is 1. The van der Waals surface area contributed by atoms with Crippen LogP contribution in [0.25, 0.3) is 0 Å². The third-order valence-corrected chi connectivity index (χ3v) is 10.9. The van der Waals surface area contributed by atoms with E-state index < -0.39 is 20.0 Å². The van der Waals surface area contributed by atoms with Gasteiger partial charge in [0, 0.05) is 13.0 Å². The standard InChI is InChI=1S/C42H85N2O6P/c1-3-5-7-9-11-13-15-16-17-18-19-20-21-22-23-24-26-27-29-31-33-35-41(45)40(39-50-51(47,48)49-38-37-43)44-42(46)36-34-32-30-28-25-14-12-10-8-6-4-2/h10,12,40-41,45H,3-9,11,13-39,43H2,1-2H3,(H,44,46)(H,47,48)/b12-10-. The lowest BCUT2D eigenvalue weighted by Gasteiger charge is -2.25. The molecule has 0 bridgehead atoms. The number of rotatable bonds is 41. The smallest absolute Gasteiger partial charge is 0.391 e. The summed E-state index contributed by atoms with van der Waals surface area (Å²) in [5.74, 6) is -0.170. The summed E-state index contributed by atoms with van der Waals surface area (Å²) in [5.41, 5.74) is 5.37. The average molecular weight is 745 g/mol. The molecule has 1 amide bonds. The first-order chi connectivity index (χ1) is 24.9.